The van der Waals surface area contributed by atoms with Crippen LogP contribution in [-0.4, -0.2) is 30.3 Å². The molecule has 1 fully saturated rings. The number of benzene rings is 2. The van der Waals surface area contributed by atoms with Gasteiger partial charge in [-0.15, -0.1) is 0 Å². The highest BCUT2D eigenvalue weighted by molar-refractivity contribution is 5.92. The Balaban J connectivity index is 1.80. The van der Waals surface area contributed by atoms with Crippen LogP contribution in [0, 0.1) is 11.6 Å². The van der Waals surface area contributed by atoms with E-state index in [-0.39, 0.29) is 12.1 Å². The van der Waals surface area contributed by atoms with E-state index in [9.17, 15) is 27.2 Å². The Hall–Kier alpha value is -2.90. The van der Waals surface area contributed by atoms with Gasteiger partial charge < -0.3 is 10.2 Å². The molecule has 1 aliphatic carbocycles. The lowest BCUT2D eigenvalue weighted by molar-refractivity contribution is -0.131. The summed E-state index contributed by atoms with van der Waals surface area (Å²) in [6, 6.07) is 10.3. The van der Waals surface area contributed by atoms with Crippen LogP contribution in [0.15, 0.2) is 48.5 Å². The first-order valence-corrected chi connectivity index (χ1v) is 9.20. The number of aryl methyl sites for hydroxylation is 1. The second-order valence-corrected chi connectivity index (χ2v) is 7.12. The molecule has 0 heterocycles. The van der Waals surface area contributed by atoms with Crippen LogP contribution in [0.25, 0.3) is 0 Å². The van der Waals surface area contributed by atoms with E-state index in [0.717, 1.165) is 22.6 Å². The zero-order valence-electron chi connectivity index (χ0n) is 15.5. The summed E-state index contributed by atoms with van der Waals surface area (Å²) in [5, 5.41) is 2.53. The van der Waals surface area contributed by atoms with Gasteiger partial charge in [-0.3, -0.25) is 9.59 Å². The quantitative estimate of drug-likeness (QED) is 0.533. The Kier molecular flexibility index (Phi) is 6.20. The van der Waals surface area contributed by atoms with Crippen molar-refractivity contribution in [2.75, 3.05) is 4.90 Å². The van der Waals surface area contributed by atoms with E-state index in [1.165, 1.54) is 6.07 Å². The molecule has 1 saturated carbocycles. The normalized spacial score (nSPS) is 16.6. The van der Waals surface area contributed by atoms with Gasteiger partial charge in [0, 0.05) is 30.6 Å². The van der Waals surface area contributed by atoms with Crippen LogP contribution in [0.4, 0.5) is 23.2 Å². The molecule has 2 aromatic rings. The number of alkyl halides is 2. The average Bonchev–Trinajstić information content (AvgIpc) is 2.66. The van der Waals surface area contributed by atoms with Gasteiger partial charge >= 0.3 is 0 Å². The standard InChI is InChI=1S/C21H20F4N2O2/c22-17-8-7-16(10-18(17)23)27(13-28)19(9-6-14-4-2-1-3-5-14)20(29)26-15-11-21(24,25)12-15/h1-5,7-8,10,13,15,19H,6,9,11-12H2,(H,26,29). The molecule has 1 N–H and O–H groups in total. The number of amides is 2. The number of halogens is 4. The van der Waals surface area contributed by atoms with E-state index in [0.29, 0.717) is 12.8 Å². The molecule has 8 heteroatoms. The highest BCUT2D eigenvalue weighted by Crippen LogP contribution is 2.37. The Labute approximate surface area is 165 Å². The summed E-state index contributed by atoms with van der Waals surface area (Å²) < 4.78 is 53.1. The van der Waals surface area contributed by atoms with Crippen molar-refractivity contribution in [2.45, 2.75) is 43.7 Å². The maximum Gasteiger partial charge on any atom is 0.252 e. The molecular formula is C21H20F4N2O2. The number of hydrogen-bond acceptors (Lipinski definition) is 2. The molecule has 0 aliphatic heterocycles. The molecule has 0 spiro atoms. The lowest BCUT2D eigenvalue weighted by atomic mass is 9.88. The van der Waals surface area contributed by atoms with Gasteiger partial charge in [0.1, 0.15) is 6.04 Å². The Morgan fingerprint density at radius 3 is 2.41 bits per heavy atom. The molecule has 0 aromatic heterocycles. The summed E-state index contributed by atoms with van der Waals surface area (Å²) in [7, 11) is 0. The zero-order valence-corrected chi connectivity index (χ0v) is 15.5. The van der Waals surface area contributed by atoms with E-state index in [2.05, 4.69) is 5.32 Å². The maximum atomic E-state index is 13.6. The predicted octanol–water partition coefficient (Wildman–Crippen LogP) is 3.84. The fourth-order valence-electron chi connectivity index (χ4n) is 3.37. The van der Waals surface area contributed by atoms with Crippen molar-refractivity contribution < 1.29 is 27.2 Å². The van der Waals surface area contributed by atoms with Crippen molar-refractivity contribution >= 4 is 18.0 Å². The van der Waals surface area contributed by atoms with Crippen LogP contribution < -0.4 is 10.2 Å². The average molecular weight is 408 g/mol. The molecular weight excluding hydrogens is 388 g/mol. The minimum absolute atomic E-state index is 0.00560. The lowest BCUT2D eigenvalue weighted by Gasteiger charge is -2.37. The third-order valence-corrected chi connectivity index (χ3v) is 4.94. The van der Waals surface area contributed by atoms with Gasteiger partial charge in [0.15, 0.2) is 11.6 Å². The van der Waals surface area contributed by atoms with Crippen LogP contribution in [0.2, 0.25) is 0 Å². The molecule has 4 nitrogen and oxygen atoms in total. The van der Waals surface area contributed by atoms with Crippen LogP contribution in [0.1, 0.15) is 24.8 Å². The first-order chi connectivity index (χ1) is 13.8. The molecule has 154 valence electrons. The summed E-state index contributed by atoms with van der Waals surface area (Å²) in [5.74, 6) is -5.66. The first kappa shape index (κ1) is 20.8. The van der Waals surface area contributed by atoms with Crippen molar-refractivity contribution in [2.24, 2.45) is 0 Å². The molecule has 0 saturated heterocycles. The van der Waals surface area contributed by atoms with E-state index in [1.54, 1.807) is 0 Å². The highest BCUT2D eigenvalue weighted by Gasteiger charge is 2.46. The first-order valence-electron chi connectivity index (χ1n) is 9.20. The van der Waals surface area contributed by atoms with Crippen LogP contribution in [-0.2, 0) is 16.0 Å². The number of carbonyl (C=O) groups is 2. The van der Waals surface area contributed by atoms with Gasteiger partial charge in [0.05, 0.1) is 0 Å². The summed E-state index contributed by atoms with van der Waals surface area (Å²) in [4.78, 5) is 25.5. The Morgan fingerprint density at radius 1 is 1.14 bits per heavy atom. The zero-order chi connectivity index (χ0) is 21.0. The second kappa shape index (κ2) is 8.63. The largest absolute Gasteiger partial charge is 0.351 e. The topological polar surface area (TPSA) is 49.4 Å². The molecule has 2 aromatic carbocycles. The Bertz CT molecular complexity index is 868. The van der Waals surface area contributed by atoms with Crippen LogP contribution in [0.3, 0.4) is 0 Å². The maximum absolute atomic E-state index is 13.6. The van der Waals surface area contributed by atoms with Crippen molar-refractivity contribution in [1.82, 2.24) is 5.32 Å². The van der Waals surface area contributed by atoms with Gasteiger partial charge in [0.2, 0.25) is 12.3 Å². The molecule has 2 amide bonds. The third-order valence-electron chi connectivity index (χ3n) is 4.94. The number of rotatable bonds is 8. The molecule has 0 bridgehead atoms. The molecule has 29 heavy (non-hydrogen) atoms. The molecule has 0 radical (unpaired) electrons. The fraction of sp³-hybridized carbons (Fsp3) is 0.333. The fourth-order valence-corrected chi connectivity index (χ4v) is 3.37. The predicted molar refractivity (Wildman–Crippen MR) is 99.6 cm³/mol. The van der Waals surface area contributed by atoms with E-state index >= 15 is 0 Å². The summed E-state index contributed by atoms with van der Waals surface area (Å²) in [6.07, 6.45) is 0.0363. The van der Waals surface area contributed by atoms with E-state index in [1.807, 2.05) is 30.3 Å². The number of nitrogens with one attached hydrogen (secondary N) is 1. The number of carbonyl (C=O) groups excluding carboxylic acids is 2. The van der Waals surface area contributed by atoms with Gasteiger partial charge in [-0.2, -0.15) is 0 Å². The van der Waals surface area contributed by atoms with Crippen molar-refractivity contribution in [3.8, 4) is 0 Å². The molecule has 1 unspecified atom stereocenters. The Morgan fingerprint density at radius 2 is 1.83 bits per heavy atom. The van der Waals surface area contributed by atoms with Crippen molar-refractivity contribution in [1.29, 1.82) is 0 Å². The van der Waals surface area contributed by atoms with Gasteiger partial charge in [0.25, 0.3) is 5.92 Å². The van der Waals surface area contributed by atoms with E-state index < -0.39 is 48.4 Å². The van der Waals surface area contributed by atoms with Crippen LogP contribution in [0.5, 0.6) is 0 Å². The van der Waals surface area contributed by atoms with Gasteiger partial charge in [-0.25, -0.2) is 17.6 Å². The number of nitrogens with zero attached hydrogens (tertiary/aromatic N) is 1. The van der Waals surface area contributed by atoms with Crippen molar-refractivity contribution in [3.63, 3.8) is 0 Å². The molecule has 3 rings (SSSR count). The summed E-state index contributed by atoms with van der Waals surface area (Å²) in [5.41, 5.74) is 0.919. The third kappa shape index (κ3) is 5.13. The molecule has 1 aliphatic rings. The lowest BCUT2D eigenvalue weighted by Crippen LogP contribution is -2.56. The minimum Gasteiger partial charge on any atom is -0.351 e. The highest BCUT2D eigenvalue weighted by atomic mass is 19.3. The number of hydrogen-bond donors (Lipinski definition) is 1. The summed E-state index contributed by atoms with van der Waals surface area (Å²) in [6.45, 7) is 0. The van der Waals surface area contributed by atoms with E-state index in [4.69, 9.17) is 0 Å². The van der Waals surface area contributed by atoms with Gasteiger partial charge in [-0.05, 0) is 30.5 Å². The summed E-state index contributed by atoms with van der Waals surface area (Å²) >= 11 is 0. The second-order valence-electron chi connectivity index (χ2n) is 7.12. The minimum atomic E-state index is -2.80. The smallest absolute Gasteiger partial charge is 0.252 e. The number of anilines is 1. The van der Waals surface area contributed by atoms with Crippen LogP contribution >= 0.6 is 0 Å². The monoisotopic (exact) mass is 408 g/mol. The molecule has 1 atom stereocenters. The van der Waals surface area contributed by atoms with Crippen molar-refractivity contribution in [3.05, 3.63) is 65.7 Å². The SMILES string of the molecule is O=CN(c1ccc(F)c(F)c1)C(CCc1ccccc1)C(=O)NC1CC(F)(F)C1. The van der Waals surface area contributed by atoms with Gasteiger partial charge in [-0.1, -0.05) is 30.3 Å².